The van der Waals surface area contributed by atoms with Crippen LogP contribution in [0.2, 0.25) is 0 Å². The number of nitrogens with zero attached hydrogens (tertiary/aromatic N) is 1. The number of aromatic nitrogens is 1. The molecule has 3 N–H and O–H groups in total. The zero-order valence-corrected chi connectivity index (χ0v) is 10.9. The van der Waals surface area contributed by atoms with Crippen LogP contribution in [0.1, 0.15) is 5.56 Å². The van der Waals surface area contributed by atoms with Gasteiger partial charge in [0.25, 0.3) is 10.0 Å². The number of sulfonamides is 1. The Labute approximate surface area is 110 Å². The Bertz CT molecular complexity index is 717. The lowest BCUT2D eigenvalue weighted by Crippen LogP contribution is -2.16. The van der Waals surface area contributed by atoms with Gasteiger partial charge in [-0.1, -0.05) is 6.07 Å². The topological polar surface area (TPSA) is 85.1 Å². The summed E-state index contributed by atoms with van der Waals surface area (Å²) in [7, 11) is -3.96. The molecule has 0 aliphatic carbocycles. The van der Waals surface area contributed by atoms with Crippen molar-refractivity contribution in [2.24, 2.45) is 0 Å². The molecule has 0 bridgehead atoms. The first-order valence-electron chi connectivity index (χ1n) is 5.39. The minimum Gasteiger partial charge on any atom is -0.383 e. The highest BCUT2D eigenvalue weighted by atomic mass is 32.2. The lowest BCUT2D eigenvalue weighted by atomic mass is 10.2. The minimum absolute atomic E-state index is 0.131. The maximum atomic E-state index is 13.6. The van der Waals surface area contributed by atoms with E-state index in [0.29, 0.717) is 5.56 Å². The Morgan fingerprint density at radius 3 is 2.68 bits per heavy atom. The molecule has 0 amide bonds. The highest BCUT2D eigenvalue weighted by Gasteiger charge is 2.19. The van der Waals surface area contributed by atoms with Crippen LogP contribution in [0.3, 0.4) is 0 Å². The fourth-order valence-electron chi connectivity index (χ4n) is 1.53. The molecule has 1 aromatic heterocycles. The first-order valence-corrected chi connectivity index (χ1v) is 6.88. The molecular formula is C12H12FN3O2S. The largest absolute Gasteiger partial charge is 0.383 e. The van der Waals surface area contributed by atoms with Gasteiger partial charge >= 0.3 is 0 Å². The van der Waals surface area contributed by atoms with Crippen molar-refractivity contribution in [1.29, 1.82) is 0 Å². The Morgan fingerprint density at radius 1 is 1.32 bits per heavy atom. The molecule has 2 rings (SSSR count). The molecule has 0 aliphatic heterocycles. The Balaban J connectivity index is 2.40. The van der Waals surface area contributed by atoms with E-state index in [1.165, 1.54) is 30.5 Å². The summed E-state index contributed by atoms with van der Waals surface area (Å²) in [5.74, 6) is -0.784. The maximum Gasteiger partial charge on any atom is 0.265 e. The SMILES string of the molecule is Cc1ccc(NS(=O)(=O)c2cccnc2N)c(F)c1. The van der Waals surface area contributed by atoms with Gasteiger partial charge in [0, 0.05) is 6.20 Å². The molecule has 0 saturated heterocycles. The van der Waals surface area contributed by atoms with Gasteiger partial charge in [-0.3, -0.25) is 4.72 Å². The molecule has 0 aliphatic rings. The fourth-order valence-corrected chi connectivity index (χ4v) is 2.68. The van der Waals surface area contributed by atoms with Crippen LogP contribution >= 0.6 is 0 Å². The van der Waals surface area contributed by atoms with Crippen LogP contribution in [0, 0.1) is 12.7 Å². The van der Waals surface area contributed by atoms with Gasteiger partial charge < -0.3 is 5.73 Å². The van der Waals surface area contributed by atoms with Crippen LogP contribution in [0.5, 0.6) is 0 Å². The van der Waals surface area contributed by atoms with Crippen molar-refractivity contribution in [1.82, 2.24) is 4.98 Å². The standard InChI is InChI=1S/C12H12FN3O2S/c1-8-4-5-10(9(13)7-8)16-19(17,18)11-3-2-6-15-12(11)14/h2-7,16H,1H3,(H2,14,15). The average molecular weight is 281 g/mol. The Hall–Kier alpha value is -2.15. The number of hydrogen-bond acceptors (Lipinski definition) is 4. The van der Waals surface area contributed by atoms with Gasteiger partial charge in [-0.25, -0.2) is 17.8 Å². The minimum atomic E-state index is -3.96. The predicted octanol–water partition coefficient (Wildman–Crippen LogP) is 1.91. The number of aryl methyl sites for hydroxylation is 1. The molecule has 7 heteroatoms. The lowest BCUT2D eigenvalue weighted by Gasteiger charge is -2.10. The summed E-state index contributed by atoms with van der Waals surface area (Å²) in [6, 6.07) is 6.94. The third-order valence-electron chi connectivity index (χ3n) is 2.46. The second-order valence-electron chi connectivity index (χ2n) is 3.98. The van der Waals surface area contributed by atoms with Gasteiger partial charge in [-0.2, -0.15) is 0 Å². The van der Waals surface area contributed by atoms with Crippen LogP contribution in [0.4, 0.5) is 15.9 Å². The van der Waals surface area contributed by atoms with E-state index >= 15 is 0 Å². The lowest BCUT2D eigenvalue weighted by molar-refractivity contribution is 0.598. The maximum absolute atomic E-state index is 13.6. The average Bonchev–Trinajstić information content (AvgIpc) is 2.33. The number of benzene rings is 1. The number of nitrogen functional groups attached to an aromatic ring is 1. The number of anilines is 2. The van der Waals surface area contributed by atoms with Crippen molar-refractivity contribution in [2.45, 2.75) is 11.8 Å². The molecular weight excluding hydrogens is 269 g/mol. The van der Waals surface area contributed by atoms with Crippen LogP contribution in [0.25, 0.3) is 0 Å². The highest BCUT2D eigenvalue weighted by molar-refractivity contribution is 7.92. The second-order valence-corrected chi connectivity index (χ2v) is 5.63. The number of hydrogen-bond donors (Lipinski definition) is 2. The molecule has 1 aromatic carbocycles. The summed E-state index contributed by atoms with van der Waals surface area (Å²) in [5.41, 5.74) is 6.06. The summed E-state index contributed by atoms with van der Waals surface area (Å²) >= 11 is 0. The van der Waals surface area contributed by atoms with E-state index in [-0.39, 0.29) is 16.4 Å². The van der Waals surface area contributed by atoms with Gasteiger partial charge in [0.15, 0.2) is 0 Å². The number of nitrogens with two attached hydrogens (primary N) is 1. The number of pyridine rings is 1. The van der Waals surface area contributed by atoms with Crippen molar-refractivity contribution >= 4 is 21.5 Å². The molecule has 0 unspecified atom stereocenters. The van der Waals surface area contributed by atoms with Crippen LogP contribution in [0.15, 0.2) is 41.4 Å². The molecule has 1 heterocycles. The van der Waals surface area contributed by atoms with E-state index < -0.39 is 15.8 Å². The summed E-state index contributed by atoms with van der Waals surface area (Å²) in [4.78, 5) is 3.50. The Kier molecular flexibility index (Phi) is 3.39. The predicted molar refractivity (Wildman–Crippen MR) is 70.6 cm³/mol. The molecule has 5 nitrogen and oxygen atoms in total. The van der Waals surface area contributed by atoms with E-state index in [1.54, 1.807) is 13.0 Å². The van der Waals surface area contributed by atoms with Crippen molar-refractivity contribution in [3.8, 4) is 0 Å². The molecule has 2 aromatic rings. The number of halogens is 1. The Morgan fingerprint density at radius 2 is 2.05 bits per heavy atom. The molecule has 19 heavy (non-hydrogen) atoms. The number of nitrogens with one attached hydrogen (secondary N) is 1. The first-order chi connectivity index (χ1) is 8.90. The molecule has 0 spiro atoms. The monoisotopic (exact) mass is 281 g/mol. The third-order valence-corrected chi connectivity index (χ3v) is 3.87. The van der Waals surface area contributed by atoms with E-state index in [0.717, 1.165) is 0 Å². The molecule has 0 saturated carbocycles. The molecule has 0 fully saturated rings. The third kappa shape index (κ3) is 2.82. The van der Waals surface area contributed by atoms with Gasteiger partial charge in [0.2, 0.25) is 0 Å². The summed E-state index contributed by atoms with van der Waals surface area (Å²) in [6.45, 7) is 1.71. The zero-order valence-electron chi connectivity index (χ0n) is 10.1. The molecule has 100 valence electrons. The summed E-state index contributed by atoms with van der Waals surface area (Å²) in [6.07, 6.45) is 1.38. The second kappa shape index (κ2) is 4.85. The van der Waals surface area contributed by atoms with Crippen molar-refractivity contribution in [3.05, 3.63) is 47.9 Å². The smallest absolute Gasteiger partial charge is 0.265 e. The van der Waals surface area contributed by atoms with E-state index in [2.05, 4.69) is 9.71 Å². The van der Waals surface area contributed by atoms with Gasteiger partial charge in [-0.05, 0) is 36.8 Å². The molecule has 0 radical (unpaired) electrons. The zero-order chi connectivity index (χ0) is 14.0. The number of rotatable bonds is 3. The van der Waals surface area contributed by atoms with Crippen molar-refractivity contribution in [2.75, 3.05) is 10.5 Å². The van der Waals surface area contributed by atoms with Crippen LogP contribution in [-0.4, -0.2) is 13.4 Å². The van der Waals surface area contributed by atoms with Gasteiger partial charge in [0.1, 0.15) is 16.5 Å². The van der Waals surface area contributed by atoms with E-state index in [9.17, 15) is 12.8 Å². The summed E-state index contributed by atoms with van der Waals surface area (Å²) in [5, 5.41) is 0. The van der Waals surface area contributed by atoms with E-state index in [4.69, 9.17) is 5.73 Å². The normalized spacial score (nSPS) is 11.3. The van der Waals surface area contributed by atoms with Gasteiger partial charge in [0.05, 0.1) is 5.69 Å². The summed E-state index contributed by atoms with van der Waals surface area (Å²) < 4.78 is 39.9. The fraction of sp³-hybridized carbons (Fsp3) is 0.0833. The highest BCUT2D eigenvalue weighted by Crippen LogP contribution is 2.22. The van der Waals surface area contributed by atoms with Crippen LogP contribution < -0.4 is 10.5 Å². The van der Waals surface area contributed by atoms with Crippen molar-refractivity contribution < 1.29 is 12.8 Å². The van der Waals surface area contributed by atoms with Gasteiger partial charge in [-0.15, -0.1) is 0 Å². The first kappa shape index (κ1) is 13.3. The molecule has 0 atom stereocenters. The quantitative estimate of drug-likeness (QED) is 0.900. The van der Waals surface area contributed by atoms with Crippen molar-refractivity contribution in [3.63, 3.8) is 0 Å². The van der Waals surface area contributed by atoms with E-state index in [1.807, 2.05) is 0 Å². The van der Waals surface area contributed by atoms with Crippen LogP contribution in [-0.2, 0) is 10.0 Å².